The number of hydrogen-bond donors (Lipinski definition) is 0. The van der Waals surface area contributed by atoms with Gasteiger partial charge in [-0.2, -0.15) is 0 Å². The summed E-state index contributed by atoms with van der Waals surface area (Å²) in [5.41, 5.74) is 0. The number of epoxide rings is 1. The molecular formula is C24H46O3. The van der Waals surface area contributed by atoms with E-state index in [9.17, 15) is 4.79 Å². The molecule has 1 unspecified atom stereocenters. The van der Waals surface area contributed by atoms with E-state index in [0.717, 1.165) is 32.3 Å². The summed E-state index contributed by atoms with van der Waals surface area (Å²) < 4.78 is 10.4. The van der Waals surface area contributed by atoms with Crippen LogP contribution in [0.1, 0.15) is 129 Å². The highest BCUT2D eigenvalue weighted by atomic mass is 16.6. The Labute approximate surface area is 169 Å². The van der Waals surface area contributed by atoms with Crippen LogP contribution in [0.3, 0.4) is 0 Å². The summed E-state index contributed by atoms with van der Waals surface area (Å²) in [6, 6.07) is 0. The average molecular weight is 383 g/mol. The molecule has 3 nitrogen and oxygen atoms in total. The Morgan fingerprint density at radius 2 is 1.22 bits per heavy atom. The third-order valence-electron chi connectivity index (χ3n) is 5.57. The molecule has 0 amide bonds. The molecule has 0 aliphatic carbocycles. The molecule has 3 heteroatoms. The van der Waals surface area contributed by atoms with Gasteiger partial charge in [0, 0.05) is 6.42 Å². The summed E-state index contributed by atoms with van der Waals surface area (Å²) in [6.45, 7) is 3.80. The van der Waals surface area contributed by atoms with Crippen molar-refractivity contribution in [1.82, 2.24) is 0 Å². The first kappa shape index (κ1) is 24.5. The monoisotopic (exact) mass is 382 g/mol. The van der Waals surface area contributed by atoms with Crippen LogP contribution in [0.25, 0.3) is 0 Å². The molecule has 160 valence electrons. The van der Waals surface area contributed by atoms with E-state index in [1.54, 1.807) is 0 Å². The fourth-order valence-corrected chi connectivity index (χ4v) is 3.61. The normalized spacial score (nSPS) is 15.8. The third kappa shape index (κ3) is 18.6. The van der Waals surface area contributed by atoms with Crippen LogP contribution in [-0.2, 0) is 14.3 Å². The van der Waals surface area contributed by atoms with Crippen molar-refractivity contribution in [2.24, 2.45) is 0 Å². The van der Waals surface area contributed by atoms with Gasteiger partial charge in [-0.3, -0.25) is 4.79 Å². The summed E-state index contributed by atoms with van der Waals surface area (Å²) >= 11 is 0. The fraction of sp³-hybridized carbons (Fsp3) is 0.958. The smallest absolute Gasteiger partial charge is 0.305 e. The van der Waals surface area contributed by atoms with Crippen LogP contribution in [0.2, 0.25) is 0 Å². The van der Waals surface area contributed by atoms with Crippen molar-refractivity contribution in [3.05, 3.63) is 0 Å². The maximum Gasteiger partial charge on any atom is 0.305 e. The fourth-order valence-electron chi connectivity index (χ4n) is 3.61. The van der Waals surface area contributed by atoms with Crippen LogP contribution >= 0.6 is 0 Å². The average Bonchev–Trinajstić information content (AvgIpc) is 3.49. The summed E-state index contributed by atoms with van der Waals surface area (Å²) in [5.74, 6) is -0.00707. The van der Waals surface area contributed by atoms with Gasteiger partial charge < -0.3 is 9.47 Å². The van der Waals surface area contributed by atoms with E-state index >= 15 is 0 Å². The Morgan fingerprint density at radius 3 is 1.70 bits per heavy atom. The maximum atomic E-state index is 11.6. The number of rotatable bonds is 21. The minimum absolute atomic E-state index is 0.00707. The van der Waals surface area contributed by atoms with Crippen molar-refractivity contribution in [2.45, 2.75) is 135 Å². The van der Waals surface area contributed by atoms with Crippen LogP contribution in [0.4, 0.5) is 0 Å². The Kier molecular flexibility index (Phi) is 17.0. The van der Waals surface area contributed by atoms with Gasteiger partial charge >= 0.3 is 5.97 Å². The molecule has 27 heavy (non-hydrogen) atoms. The quantitative estimate of drug-likeness (QED) is 0.118. The van der Waals surface area contributed by atoms with Crippen molar-refractivity contribution in [3.8, 4) is 0 Å². The zero-order valence-electron chi connectivity index (χ0n) is 18.2. The van der Waals surface area contributed by atoms with Crippen molar-refractivity contribution in [1.29, 1.82) is 0 Å². The molecule has 0 saturated carbocycles. The van der Waals surface area contributed by atoms with Gasteiger partial charge in [0.25, 0.3) is 0 Å². The number of esters is 1. The lowest BCUT2D eigenvalue weighted by molar-refractivity contribution is -0.143. The first-order valence-electron chi connectivity index (χ1n) is 12.1. The van der Waals surface area contributed by atoms with Gasteiger partial charge in [-0.1, -0.05) is 96.8 Å². The SMILES string of the molecule is CCCCCCCCCCCCCCCCCC(=O)OCCCCC1CO1. The minimum Gasteiger partial charge on any atom is -0.466 e. The lowest BCUT2D eigenvalue weighted by Gasteiger charge is -2.05. The topological polar surface area (TPSA) is 38.8 Å². The van der Waals surface area contributed by atoms with E-state index in [1.165, 1.54) is 89.9 Å². The molecule has 0 bridgehead atoms. The van der Waals surface area contributed by atoms with E-state index in [-0.39, 0.29) is 5.97 Å². The predicted octanol–water partition coefficient (Wildman–Crippen LogP) is 7.36. The summed E-state index contributed by atoms with van der Waals surface area (Å²) in [6.07, 6.45) is 24.6. The van der Waals surface area contributed by atoms with Gasteiger partial charge in [-0.15, -0.1) is 0 Å². The highest BCUT2D eigenvalue weighted by Gasteiger charge is 2.21. The predicted molar refractivity (Wildman–Crippen MR) is 114 cm³/mol. The first-order valence-corrected chi connectivity index (χ1v) is 12.1. The van der Waals surface area contributed by atoms with Crippen LogP contribution in [0, 0.1) is 0 Å². The zero-order chi connectivity index (χ0) is 19.4. The van der Waals surface area contributed by atoms with Crippen molar-refractivity contribution >= 4 is 5.97 Å². The van der Waals surface area contributed by atoms with Gasteiger partial charge in [0.15, 0.2) is 0 Å². The lowest BCUT2D eigenvalue weighted by atomic mass is 10.0. The molecule has 1 saturated heterocycles. The number of carbonyl (C=O) groups is 1. The Morgan fingerprint density at radius 1 is 0.741 bits per heavy atom. The lowest BCUT2D eigenvalue weighted by Crippen LogP contribution is -2.05. The van der Waals surface area contributed by atoms with Gasteiger partial charge in [-0.25, -0.2) is 0 Å². The largest absolute Gasteiger partial charge is 0.466 e. The second-order valence-corrected chi connectivity index (χ2v) is 8.37. The van der Waals surface area contributed by atoms with E-state index in [1.807, 2.05) is 0 Å². The Balaban J connectivity index is 1.67. The molecule has 0 spiro atoms. The molecule has 1 heterocycles. The molecule has 0 aromatic heterocycles. The second-order valence-electron chi connectivity index (χ2n) is 8.37. The molecule has 0 aromatic carbocycles. The van der Waals surface area contributed by atoms with E-state index < -0.39 is 0 Å². The summed E-state index contributed by atoms with van der Waals surface area (Å²) in [5, 5.41) is 0. The molecule has 1 aliphatic heterocycles. The zero-order valence-corrected chi connectivity index (χ0v) is 18.2. The summed E-state index contributed by atoms with van der Waals surface area (Å²) in [4.78, 5) is 11.6. The molecule has 1 fully saturated rings. The maximum absolute atomic E-state index is 11.6. The van der Waals surface area contributed by atoms with Gasteiger partial charge in [0.05, 0.1) is 19.3 Å². The minimum atomic E-state index is -0.00707. The van der Waals surface area contributed by atoms with Crippen molar-refractivity contribution < 1.29 is 14.3 Å². The number of carbonyl (C=O) groups excluding carboxylic acids is 1. The first-order chi connectivity index (χ1) is 13.3. The van der Waals surface area contributed by atoms with E-state index in [4.69, 9.17) is 9.47 Å². The van der Waals surface area contributed by atoms with E-state index in [0.29, 0.717) is 19.1 Å². The third-order valence-corrected chi connectivity index (χ3v) is 5.57. The van der Waals surface area contributed by atoms with Crippen LogP contribution in [-0.4, -0.2) is 25.3 Å². The second kappa shape index (κ2) is 18.8. The van der Waals surface area contributed by atoms with Crippen LogP contribution in [0.5, 0.6) is 0 Å². The molecule has 1 aliphatic rings. The van der Waals surface area contributed by atoms with Crippen LogP contribution in [0.15, 0.2) is 0 Å². The van der Waals surface area contributed by atoms with E-state index in [2.05, 4.69) is 6.92 Å². The van der Waals surface area contributed by atoms with Gasteiger partial charge in [0.2, 0.25) is 0 Å². The van der Waals surface area contributed by atoms with Gasteiger partial charge in [-0.05, 0) is 25.7 Å². The highest BCUT2D eigenvalue weighted by molar-refractivity contribution is 5.69. The molecule has 1 rings (SSSR count). The van der Waals surface area contributed by atoms with Crippen molar-refractivity contribution in [2.75, 3.05) is 13.2 Å². The van der Waals surface area contributed by atoms with Gasteiger partial charge in [0.1, 0.15) is 0 Å². The molecule has 0 aromatic rings. The van der Waals surface area contributed by atoms with Crippen molar-refractivity contribution in [3.63, 3.8) is 0 Å². The summed E-state index contributed by atoms with van der Waals surface area (Å²) in [7, 11) is 0. The highest BCUT2D eigenvalue weighted by Crippen LogP contribution is 2.16. The molecule has 0 radical (unpaired) electrons. The standard InChI is InChI=1S/C24H46O3/c1-2-3-4-5-6-7-8-9-10-11-12-13-14-15-16-20-24(25)26-21-18-17-19-23-22-27-23/h23H,2-22H2,1H3. The molecule has 1 atom stereocenters. The number of unbranched alkanes of at least 4 members (excludes halogenated alkanes) is 15. The number of ether oxygens (including phenoxy) is 2. The molecule has 0 N–H and O–H groups in total. The van der Waals surface area contributed by atoms with Crippen LogP contribution < -0.4 is 0 Å². The molecular weight excluding hydrogens is 336 g/mol. The Bertz CT molecular complexity index is 326. The Hall–Kier alpha value is -0.570. The number of hydrogen-bond acceptors (Lipinski definition) is 3.